The quantitative estimate of drug-likeness (QED) is 0.316. The lowest BCUT2D eigenvalue weighted by Gasteiger charge is -2.30. The van der Waals surface area contributed by atoms with Gasteiger partial charge in [-0.3, -0.25) is 4.79 Å². The van der Waals surface area contributed by atoms with Crippen molar-refractivity contribution in [2.24, 2.45) is 0 Å². The number of ether oxygens (including phenoxy) is 2. The number of hydrogen-bond acceptors (Lipinski definition) is 6. The van der Waals surface area contributed by atoms with Crippen LogP contribution in [-0.2, 0) is 16.1 Å². The highest BCUT2D eigenvalue weighted by molar-refractivity contribution is 7.13. The van der Waals surface area contributed by atoms with Crippen LogP contribution in [0.25, 0.3) is 21.8 Å². The molecular weight excluding hydrogens is 460 g/mol. The van der Waals surface area contributed by atoms with Crippen molar-refractivity contribution in [1.29, 1.82) is 0 Å². The van der Waals surface area contributed by atoms with Gasteiger partial charge in [-0.1, -0.05) is 42.5 Å². The average molecular weight is 485 g/mol. The number of carbonyl (C=O) groups excluding carboxylic acids is 2. The Balaban J connectivity index is 1.40. The third-order valence-corrected chi connectivity index (χ3v) is 6.49. The van der Waals surface area contributed by atoms with Crippen molar-refractivity contribution >= 4 is 28.9 Å². The average Bonchev–Trinajstić information content (AvgIpc) is 3.36. The molecule has 0 atom stereocenters. The van der Waals surface area contributed by atoms with Crippen LogP contribution in [0.5, 0.6) is 5.75 Å². The second-order valence-corrected chi connectivity index (χ2v) is 9.36. The van der Waals surface area contributed by atoms with Crippen molar-refractivity contribution in [3.05, 3.63) is 89.3 Å². The number of carbonyl (C=O) groups is 2. The molecule has 7 heteroatoms. The van der Waals surface area contributed by atoms with Crippen LogP contribution in [0.3, 0.4) is 0 Å². The van der Waals surface area contributed by atoms with Gasteiger partial charge in [-0.2, -0.15) is 0 Å². The van der Waals surface area contributed by atoms with E-state index >= 15 is 0 Å². The van der Waals surface area contributed by atoms with Crippen molar-refractivity contribution in [2.45, 2.75) is 26.5 Å². The Morgan fingerprint density at radius 2 is 1.83 bits per heavy atom. The summed E-state index contributed by atoms with van der Waals surface area (Å²) in [6.45, 7) is 3.98. The van der Waals surface area contributed by atoms with Gasteiger partial charge in [0.1, 0.15) is 10.8 Å². The molecule has 1 amide bonds. The van der Waals surface area contributed by atoms with Gasteiger partial charge in [-0.25, -0.2) is 9.78 Å². The van der Waals surface area contributed by atoms with Crippen LogP contribution in [0, 0.1) is 0 Å². The Morgan fingerprint density at radius 3 is 2.57 bits per heavy atom. The standard InChI is InChI=1S/C28H24N2O4S/c1-18(2)34-28(32)21-10-8-19(9-11-21)15-30-24-14-22(12-13-25(24)33-16-26(30)31)23-17-35-27(29-23)20-6-4-3-5-7-20/h3-14,17-18H,15-16H2,1-2H3. The SMILES string of the molecule is CC(C)OC(=O)c1ccc(CN2C(=O)COc3ccc(-c4csc(-c5ccccc5)n4)cc32)cc1. The third kappa shape index (κ3) is 4.95. The van der Waals surface area contributed by atoms with E-state index in [1.807, 2.05) is 79.9 Å². The first-order valence-electron chi connectivity index (χ1n) is 11.4. The van der Waals surface area contributed by atoms with Crippen LogP contribution in [-0.4, -0.2) is 29.6 Å². The highest BCUT2D eigenvalue weighted by Gasteiger charge is 2.26. The molecule has 4 aromatic rings. The Hall–Kier alpha value is -3.97. The van der Waals surface area contributed by atoms with Gasteiger partial charge in [-0.05, 0) is 49.7 Å². The zero-order valence-corrected chi connectivity index (χ0v) is 20.2. The van der Waals surface area contributed by atoms with E-state index in [4.69, 9.17) is 14.5 Å². The van der Waals surface area contributed by atoms with Crippen LogP contribution in [0.4, 0.5) is 5.69 Å². The molecule has 0 radical (unpaired) electrons. The fourth-order valence-electron chi connectivity index (χ4n) is 3.87. The van der Waals surface area contributed by atoms with Crippen molar-refractivity contribution in [2.75, 3.05) is 11.5 Å². The monoisotopic (exact) mass is 484 g/mol. The molecule has 1 aromatic heterocycles. The normalized spacial score (nSPS) is 12.9. The molecule has 6 nitrogen and oxygen atoms in total. The minimum Gasteiger partial charge on any atom is -0.482 e. The lowest BCUT2D eigenvalue weighted by Crippen LogP contribution is -2.38. The van der Waals surface area contributed by atoms with Crippen LogP contribution in [0.1, 0.15) is 29.8 Å². The number of thiazole rings is 1. The Kier molecular flexibility index (Phi) is 6.33. The number of hydrogen-bond donors (Lipinski definition) is 0. The highest BCUT2D eigenvalue weighted by atomic mass is 32.1. The van der Waals surface area contributed by atoms with E-state index in [1.165, 1.54) is 0 Å². The number of amides is 1. The maximum absolute atomic E-state index is 12.8. The Morgan fingerprint density at radius 1 is 1.06 bits per heavy atom. The summed E-state index contributed by atoms with van der Waals surface area (Å²) in [6, 6.07) is 23.0. The molecule has 0 spiro atoms. The summed E-state index contributed by atoms with van der Waals surface area (Å²) in [6.07, 6.45) is -0.180. The fourth-order valence-corrected chi connectivity index (χ4v) is 4.70. The van der Waals surface area contributed by atoms with E-state index in [9.17, 15) is 9.59 Å². The molecule has 1 aliphatic heterocycles. The van der Waals surface area contributed by atoms with Gasteiger partial charge in [0.25, 0.3) is 5.91 Å². The smallest absolute Gasteiger partial charge is 0.338 e. The first kappa shape index (κ1) is 22.8. The number of benzene rings is 3. The van der Waals surface area contributed by atoms with Gasteiger partial charge in [-0.15, -0.1) is 11.3 Å². The zero-order chi connectivity index (χ0) is 24.4. The van der Waals surface area contributed by atoms with Crippen molar-refractivity contribution < 1.29 is 19.1 Å². The topological polar surface area (TPSA) is 68.7 Å². The number of fused-ring (bicyclic) bond motifs is 1. The third-order valence-electron chi connectivity index (χ3n) is 5.60. The Labute approximate surface area is 207 Å². The predicted molar refractivity (Wildman–Crippen MR) is 137 cm³/mol. The molecule has 0 aliphatic carbocycles. The second-order valence-electron chi connectivity index (χ2n) is 8.51. The molecule has 35 heavy (non-hydrogen) atoms. The molecule has 5 rings (SSSR count). The van der Waals surface area contributed by atoms with Crippen LogP contribution >= 0.6 is 11.3 Å². The molecule has 2 heterocycles. The lowest BCUT2D eigenvalue weighted by molar-refractivity contribution is -0.121. The molecule has 0 saturated heterocycles. The number of rotatable bonds is 6. The maximum Gasteiger partial charge on any atom is 0.338 e. The Bertz CT molecular complexity index is 1360. The zero-order valence-electron chi connectivity index (χ0n) is 19.4. The van der Waals surface area contributed by atoms with Crippen LogP contribution < -0.4 is 9.64 Å². The van der Waals surface area contributed by atoms with Crippen LogP contribution in [0.2, 0.25) is 0 Å². The number of nitrogens with zero attached hydrogens (tertiary/aromatic N) is 2. The highest BCUT2D eigenvalue weighted by Crippen LogP contribution is 2.38. The van der Waals surface area contributed by atoms with E-state index < -0.39 is 0 Å². The lowest BCUT2D eigenvalue weighted by atomic mass is 10.1. The van der Waals surface area contributed by atoms with E-state index in [1.54, 1.807) is 28.4 Å². The maximum atomic E-state index is 12.8. The second kappa shape index (κ2) is 9.72. The van der Waals surface area contributed by atoms with Gasteiger partial charge < -0.3 is 14.4 Å². The minimum absolute atomic E-state index is 0.0139. The molecule has 0 saturated carbocycles. The van der Waals surface area contributed by atoms with Crippen molar-refractivity contribution in [1.82, 2.24) is 4.98 Å². The van der Waals surface area contributed by atoms with Crippen molar-refractivity contribution in [3.63, 3.8) is 0 Å². The molecule has 0 unspecified atom stereocenters. The van der Waals surface area contributed by atoms with Gasteiger partial charge >= 0.3 is 5.97 Å². The van der Waals surface area contributed by atoms with E-state index in [2.05, 4.69) is 0 Å². The molecule has 0 bridgehead atoms. The summed E-state index contributed by atoms with van der Waals surface area (Å²) in [7, 11) is 0. The van der Waals surface area contributed by atoms with Gasteiger partial charge in [0.15, 0.2) is 6.61 Å². The van der Waals surface area contributed by atoms with E-state index in [0.717, 1.165) is 27.4 Å². The van der Waals surface area contributed by atoms with Gasteiger partial charge in [0.05, 0.1) is 29.6 Å². The summed E-state index contributed by atoms with van der Waals surface area (Å²) in [5.41, 5.74) is 4.92. The predicted octanol–water partition coefficient (Wildman–Crippen LogP) is 5.97. The molecule has 0 N–H and O–H groups in total. The first-order valence-corrected chi connectivity index (χ1v) is 12.2. The fraction of sp³-hybridized carbons (Fsp3) is 0.179. The summed E-state index contributed by atoms with van der Waals surface area (Å²) < 4.78 is 10.9. The van der Waals surface area contributed by atoms with Gasteiger partial charge in [0, 0.05) is 16.5 Å². The molecule has 3 aromatic carbocycles. The number of aromatic nitrogens is 1. The van der Waals surface area contributed by atoms with Crippen molar-refractivity contribution in [3.8, 4) is 27.6 Å². The van der Waals surface area contributed by atoms with E-state index in [-0.39, 0.29) is 24.6 Å². The summed E-state index contributed by atoms with van der Waals surface area (Å²) in [4.78, 5) is 31.5. The molecule has 0 fully saturated rings. The summed E-state index contributed by atoms with van der Waals surface area (Å²) >= 11 is 1.59. The largest absolute Gasteiger partial charge is 0.482 e. The molecule has 176 valence electrons. The van der Waals surface area contributed by atoms with Crippen LogP contribution in [0.15, 0.2) is 78.2 Å². The number of esters is 1. The van der Waals surface area contributed by atoms with E-state index in [0.29, 0.717) is 23.5 Å². The van der Waals surface area contributed by atoms with Gasteiger partial charge in [0.2, 0.25) is 0 Å². The number of anilines is 1. The molecule has 1 aliphatic rings. The first-order chi connectivity index (χ1) is 17.0. The molecular formula is C28H24N2O4S. The minimum atomic E-state index is -0.359. The summed E-state index contributed by atoms with van der Waals surface area (Å²) in [5.74, 6) is 0.173. The summed E-state index contributed by atoms with van der Waals surface area (Å²) in [5, 5.41) is 2.97.